The summed E-state index contributed by atoms with van der Waals surface area (Å²) in [6.07, 6.45) is 0. The first-order chi connectivity index (χ1) is 10.0. The first-order valence-corrected chi connectivity index (χ1v) is 7.36. The Bertz CT molecular complexity index is 636. The van der Waals surface area contributed by atoms with Gasteiger partial charge in [0.2, 0.25) is 5.91 Å². The van der Waals surface area contributed by atoms with Crippen molar-refractivity contribution in [2.75, 3.05) is 11.1 Å². The van der Waals surface area contributed by atoms with E-state index in [-0.39, 0.29) is 17.2 Å². The number of anilines is 1. The minimum Gasteiger partial charge on any atom is -0.478 e. The Balaban J connectivity index is 1.86. The molecule has 0 bridgehead atoms. The Morgan fingerprint density at radius 2 is 1.67 bits per heavy atom. The third-order valence-corrected chi connectivity index (χ3v) is 3.82. The van der Waals surface area contributed by atoms with Gasteiger partial charge < -0.3 is 10.4 Å². The number of hydrogen-bond donors (Lipinski definition) is 2. The van der Waals surface area contributed by atoms with Crippen LogP contribution in [-0.2, 0) is 4.79 Å². The van der Waals surface area contributed by atoms with Crippen molar-refractivity contribution in [3.8, 4) is 0 Å². The lowest BCUT2D eigenvalue weighted by atomic mass is 10.2. The van der Waals surface area contributed by atoms with E-state index >= 15 is 0 Å². The third kappa shape index (κ3) is 4.65. The predicted octanol–water partition coefficient (Wildman–Crippen LogP) is 3.42. The smallest absolute Gasteiger partial charge is 0.335 e. The number of thioether (sulfide) groups is 1. The quantitative estimate of drug-likeness (QED) is 0.830. The van der Waals surface area contributed by atoms with Crippen molar-refractivity contribution in [2.24, 2.45) is 0 Å². The highest BCUT2D eigenvalue weighted by Gasteiger charge is 2.05. The van der Waals surface area contributed by atoms with Crippen LogP contribution < -0.4 is 5.32 Å². The lowest BCUT2D eigenvalue weighted by Gasteiger charge is -2.05. The van der Waals surface area contributed by atoms with Crippen LogP contribution in [0, 0.1) is 6.92 Å². The van der Waals surface area contributed by atoms with Crippen LogP contribution in [0.25, 0.3) is 0 Å². The maximum atomic E-state index is 11.8. The van der Waals surface area contributed by atoms with Gasteiger partial charge in [0, 0.05) is 10.6 Å². The number of nitrogens with one attached hydrogen (secondary N) is 1. The van der Waals surface area contributed by atoms with E-state index in [1.165, 1.54) is 23.9 Å². The van der Waals surface area contributed by atoms with Crippen molar-refractivity contribution in [3.63, 3.8) is 0 Å². The van der Waals surface area contributed by atoms with Gasteiger partial charge in [-0.2, -0.15) is 0 Å². The van der Waals surface area contributed by atoms with E-state index in [0.29, 0.717) is 0 Å². The number of benzene rings is 2. The second kappa shape index (κ2) is 6.95. The zero-order valence-electron chi connectivity index (χ0n) is 11.5. The Hall–Kier alpha value is -2.27. The summed E-state index contributed by atoms with van der Waals surface area (Å²) in [6.45, 7) is 1.99. The van der Waals surface area contributed by atoms with Crippen LogP contribution in [0.4, 0.5) is 5.69 Å². The van der Waals surface area contributed by atoms with Crippen LogP contribution in [0.15, 0.2) is 53.4 Å². The van der Waals surface area contributed by atoms with Crippen molar-refractivity contribution in [3.05, 3.63) is 59.7 Å². The van der Waals surface area contributed by atoms with Gasteiger partial charge in [-0.3, -0.25) is 4.79 Å². The van der Waals surface area contributed by atoms with E-state index in [0.717, 1.165) is 16.1 Å². The summed E-state index contributed by atoms with van der Waals surface area (Å²) >= 11 is 1.37. The average Bonchev–Trinajstić information content (AvgIpc) is 2.48. The summed E-state index contributed by atoms with van der Waals surface area (Å²) in [4.78, 5) is 23.4. The first-order valence-electron chi connectivity index (χ1n) is 6.37. The lowest BCUT2D eigenvalue weighted by molar-refractivity contribution is -0.113. The number of amides is 1. The van der Waals surface area contributed by atoms with Gasteiger partial charge in [0.15, 0.2) is 0 Å². The van der Waals surface area contributed by atoms with E-state index in [2.05, 4.69) is 5.32 Å². The number of carbonyl (C=O) groups excluding carboxylic acids is 1. The highest BCUT2D eigenvalue weighted by Crippen LogP contribution is 2.19. The van der Waals surface area contributed by atoms with E-state index in [1.54, 1.807) is 12.1 Å². The topological polar surface area (TPSA) is 66.4 Å². The van der Waals surface area contributed by atoms with Crippen molar-refractivity contribution in [2.45, 2.75) is 11.8 Å². The van der Waals surface area contributed by atoms with Crippen molar-refractivity contribution in [1.29, 1.82) is 0 Å². The summed E-state index contributed by atoms with van der Waals surface area (Å²) in [5, 5.41) is 11.6. The van der Waals surface area contributed by atoms with Crippen LogP contribution in [0.5, 0.6) is 0 Å². The van der Waals surface area contributed by atoms with Gasteiger partial charge in [0.05, 0.1) is 11.3 Å². The summed E-state index contributed by atoms with van der Waals surface area (Å²) in [5.41, 5.74) is 2.15. The Morgan fingerprint density at radius 1 is 1.05 bits per heavy atom. The van der Waals surface area contributed by atoms with Gasteiger partial charge in [-0.1, -0.05) is 17.7 Å². The van der Waals surface area contributed by atoms with Crippen LogP contribution in [0.3, 0.4) is 0 Å². The molecule has 2 N–H and O–H groups in total. The molecule has 0 aliphatic carbocycles. The summed E-state index contributed by atoms with van der Waals surface area (Å²) in [6, 6.07) is 14.1. The second-order valence-electron chi connectivity index (χ2n) is 4.53. The van der Waals surface area contributed by atoms with E-state index in [1.807, 2.05) is 31.2 Å². The molecule has 2 rings (SSSR count). The molecule has 0 aliphatic rings. The fourth-order valence-electron chi connectivity index (χ4n) is 1.68. The van der Waals surface area contributed by atoms with E-state index < -0.39 is 5.97 Å². The largest absolute Gasteiger partial charge is 0.478 e. The summed E-state index contributed by atoms with van der Waals surface area (Å²) in [5.74, 6) is -0.768. The van der Waals surface area contributed by atoms with Gasteiger partial charge in [0.25, 0.3) is 0 Å². The molecule has 0 radical (unpaired) electrons. The van der Waals surface area contributed by atoms with Crippen molar-refractivity contribution < 1.29 is 14.7 Å². The molecule has 0 aromatic heterocycles. The number of carbonyl (C=O) groups is 2. The molecule has 0 spiro atoms. The lowest BCUT2D eigenvalue weighted by Crippen LogP contribution is -2.13. The highest BCUT2D eigenvalue weighted by molar-refractivity contribution is 8.00. The highest BCUT2D eigenvalue weighted by atomic mass is 32.2. The molecule has 0 fully saturated rings. The molecule has 108 valence electrons. The van der Waals surface area contributed by atoms with Crippen LogP contribution >= 0.6 is 11.8 Å². The van der Waals surface area contributed by atoms with Crippen LogP contribution in [0.1, 0.15) is 15.9 Å². The van der Waals surface area contributed by atoms with Gasteiger partial charge in [-0.25, -0.2) is 4.79 Å². The minimum atomic E-state index is -0.955. The summed E-state index contributed by atoms with van der Waals surface area (Å²) in [7, 11) is 0. The standard InChI is InChI=1S/C16H15NO3S/c1-11-2-6-13(7-3-11)17-15(18)10-21-14-8-4-12(5-9-14)16(19)20/h2-9H,10H2,1H3,(H,17,18)(H,19,20). The minimum absolute atomic E-state index is 0.0915. The monoisotopic (exact) mass is 301 g/mol. The average molecular weight is 301 g/mol. The molecule has 1 amide bonds. The van der Waals surface area contributed by atoms with Crippen molar-refractivity contribution in [1.82, 2.24) is 0 Å². The van der Waals surface area contributed by atoms with Crippen LogP contribution in [0.2, 0.25) is 0 Å². The zero-order chi connectivity index (χ0) is 15.2. The number of aryl methyl sites for hydroxylation is 1. The molecule has 4 nitrogen and oxygen atoms in total. The summed E-state index contributed by atoms with van der Waals surface area (Å²) < 4.78 is 0. The molecule has 0 saturated heterocycles. The zero-order valence-corrected chi connectivity index (χ0v) is 12.3. The molecule has 2 aromatic carbocycles. The maximum Gasteiger partial charge on any atom is 0.335 e. The second-order valence-corrected chi connectivity index (χ2v) is 5.58. The maximum absolute atomic E-state index is 11.8. The number of carboxylic acids is 1. The molecule has 21 heavy (non-hydrogen) atoms. The van der Waals surface area contributed by atoms with E-state index in [4.69, 9.17) is 5.11 Å². The Labute approximate surface area is 127 Å². The van der Waals surface area contributed by atoms with Crippen molar-refractivity contribution >= 4 is 29.3 Å². The number of carboxylic acid groups (broad SMARTS) is 1. The Morgan fingerprint density at radius 3 is 2.24 bits per heavy atom. The molecular weight excluding hydrogens is 286 g/mol. The normalized spacial score (nSPS) is 10.1. The molecule has 0 unspecified atom stereocenters. The van der Waals surface area contributed by atoms with Gasteiger partial charge in [-0.15, -0.1) is 11.8 Å². The molecular formula is C16H15NO3S. The molecule has 5 heteroatoms. The number of hydrogen-bond acceptors (Lipinski definition) is 3. The fourth-order valence-corrected chi connectivity index (χ4v) is 2.38. The molecule has 2 aromatic rings. The first kappa shape index (κ1) is 15.1. The number of rotatable bonds is 5. The number of aromatic carboxylic acids is 1. The molecule has 0 heterocycles. The van der Waals surface area contributed by atoms with Gasteiger partial charge in [-0.05, 0) is 43.3 Å². The van der Waals surface area contributed by atoms with Gasteiger partial charge >= 0.3 is 5.97 Å². The predicted molar refractivity (Wildman–Crippen MR) is 83.9 cm³/mol. The van der Waals surface area contributed by atoms with E-state index in [9.17, 15) is 9.59 Å². The Kier molecular flexibility index (Phi) is 5.00. The van der Waals surface area contributed by atoms with Crippen LogP contribution in [-0.4, -0.2) is 22.7 Å². The fraction of sp³-hybridized carbons (Fsp3) is 0.125. The third-order valence-electron chi connectivity index (χ3n) is 2.81. The molecule has 0 saturated carbocycles. The van der Waals surface area contributed by atoms with Gasteiger partial charge in [0.1, 0.15) is 0 Å². The molecule has 0 atom stereocenters. The SMILES string of the molecule is Cc1ccc(NC(=O)CSc2ccc(C(=O)O)cc2)cc1. The molecule has 0 aliphatic heterocycles.